The Hall–Kier alpha value is -1.35. The number of hydrogen-bond donors (Lipinski definition) is 1. The highest BCUT2D eigenvalue weighted by molar-refractivity contribution is 6.23. The highest BCUT2D eigenvalue weighted by Crippen LogP contribution is 2.32. The van der Waals surface area contributed by atoms with Crippen LogP contribution >= 0.6 is 11.8 Å². The number of benzene rings is 1. The molecule has 4 heteroatoms. The van der Waals surface area contributed by atoms with E-state index in [0.717, 1.165) is 29.5 Å². The molecular formula is C11H9ClFNO. The Kier molecular flexibility index (Phi) is 2.73. The maximum absolute atomic E-state index is 13.0. The molecule has 1 N–H and O–H groups in total. The predicted molar refractivity (Wildman–Crippen MR) is 56.7 cm³/mol. The number of halogens is 2. The van der Waals surface area contributed by atoms with E-state index in [4.69, 9.17) is 11.8 Å². The van der Waals surface area contributed by atoms with Crippen LogP contribution in [0.25, 0.3) is 5.57 Å². The minimum atomic E-state index is -0.372. The van der Waals surface area contributed by atoms with Crippen molar-refractivity contribution in [3.8, 4) is 0 Å². The fraction of sp³-hybridized carbons (Fsp3) is 0.182. The van der Waals surface area contributed by atoms with Crippen LogP contribution in [-0.2, 0) is 11.2 Å². The summed E-state index contributed by atoms with van der Waals surface area (Å²) >= 11 is 5.17. The third-order valence-electron chi connectivity index (χ3n) is 2.48. The summed E-state index contributed by atoms with van der Waals surface area (Å²) in [5.41, 5.74) is 2.72. The maximum atomic E-state index is 13.0. The Bertz CT molecular complexity index is 442. The second-order valence-corrected chi connectivity index (χ2v) is 3.62. The monoisotopic (exact) mass is 225 g/mol. The van der Waals surface area contributed by atoms with Crippen LogP contribution in [0.1, 0.15) is 17.5 Å². The highest BCUT2D eigenvalue weighted by atomic mass is 35.5. The number of carbonyl (C=O) groups excluding carboxylic acids is 1. The first-order valence-corrected chi connectivity index (χ1v) is 4.98. The molecule has 0 aliphatic heterocycles. The van der Waals surface area contributed by atoms with Gasteiger partial charge in [0, 0.05) is 17.9 Å². The van der Waals surface area contributed by atoms with E-state index < -0.39 is 0 Å². The van der Waals surface area contributed by atoms with Gasteiger partial charge in [0.05, 0.1) is 0 Å². The first kappa shape index (κ1) is 10.2. The fourth-order valence-corrected chi connectivity index (χ4v) is 1.86. The van der Waals surface area contributed by atoms with E-state index in [9.17, 15) is 9.18 Å². The zero-order valence-electron chi connectivity index (χ0n) is 7.89. The van der Waals surface area contributed by atoms with Gasteiger partial charge in [-0.1, -0.05) is 6.07 Å². The average Bonchev–Trinajstić information content (AvgIpc) is 2.61. The Balaban J connectivity index is 2.39. The Labute approximate surface area is 91.9 Å². The molecule has 2 nitrogen and oxygen atoms in total. The quantitative estimate of drug-likeness (QED) is 0.577. The van der Waals surface area contributed by atoms with Gasteiger partial charge in [-0.25, -0.2) is 4.39 Å². The number of aryl methyl sites for hydroxylation is 1. The smallest absolute Gasteiger partial charge is 0.258 e. The average molecular weight is 226 g/mol. The van der Waals surface area contributed by atoms with Crippen LogP contribution in [0.3, 0.4) is 0 Å². The van der Waals surface area contributed by atoms with Gasteiger partial charge in [-0.3, -0.25) is 9.63 Å². The van der Waals surface area contributed by atoms with E-state index in [1.807, 2.05) is 4.84 Å². The molecule has 0 saturated carbocycles. The predicted octanol–water partition coefficient (Wildman–Crippen LogP) is 2.43. The van der Waals surface area contributed by atoms with Crippen molar-refractivity contribution in [3.63, 3.8) is 0 Å². The molecule has 0 radical (unpaired) electrons. The fourth-order valence-electron chi connectivity index (χ4n) is 1.81. The lowest BCUT2D eigenvalue weighted by atomic mass is 10.1. The minimum Gasteiger partial charge on any atom is -0.269 e. The molecule has 0 unspecified atom stereocenters. The summed E-state index contributed by atoms with van der Waals surface area (Å²) in [6, 6.07) is 4.64. The van der Waals surface area contributed by atoms with Gasteiger partial charge in [-0.05, 0) is 41.7 Å². The first-order valence-electron chi connectivity index (χ1n) is 4.60. The number of rotatable bonds is 1. The van der Waals surface area contributed by atoms with Gasteiger partial charge in [0.25, 0.3) is 5.91 Å². The number of allylic oxidation sites excluding steroid dienone is 1. The van der Waals surface area contributed by atoms with Crippen molar-refractivity contribution in [1.82, 2.24) is 4.84 Å². The van der Waals surface area contributed by atoms with E-state index in [-0.39, 0.29) is 11.7 Å². The lowest BCUT2D eigenvalue weighted by Crippen LogP contribution is -2.08. The minimum absolute atomic E-state index is 0.284. The molecule has 1 aliphatic rings. The molecule has 15 heavy (non-hydrogen) atoms. The van der Waals surface area contributed by atoms with Gasteiger partial charge in [0.15, 0.2) is 0 Å². The molecule has 0 bridgehead atoms. The van der Waals surface area contributed by atoms with Gasteiger partial charge < -0.3 is 0 Å². The molecule has 1 amide bonds. The van der Waals surface area contributed by atoms with Crippen molar-refractivity contribution in [2.75, 3.05) is 0 Å². The molecule has 1 aromatic carbocycles. The number of carbonyl (C=O) groups is 1. The lowest BCUT2D eigenvalue weighted by molar-refractivity contribution is -0.114. The van der Waals surface area contributed by atoms with Crippen molar-refractivity contribution < 1.29 is 9.18 Å². The Morgan fingerprint density at radius 3 is 3.00 bits per heavy atom. The second kappa shape index (κ2) is 4.03. The molecule has 0 atom stereocenters. The SMILES string of the molecule is O=C(/C=C1\CCc2ccc(F)cc21)NCl. The number of hydrogen-bond acceptors (Lipinski definition) is 1. The lowest BCUT2D eigenvalue weighted by Gasteiger charge is -2.00. The van der Waals surface area contributed by atoms with Gasteiger partial charge >= 0.3 is 0 Å². The van der Waals surface area contributed by atoms with Gasteiger partial charge in [-0.15, -0.1) is 0 Å². The molecule has 2 rings (SSSR count). The molecule has 1 aromatic rings. The zero-order valence-corrected chi connectivity index (χ0v) is 8.64. The third kappa shape index (κ3) is 2.02. The van der Waals surface area contributed by atoms with Gasteiger partial charge in [-0.2, -0.15) is 0 Å². The van der Waals surface area contributed by atoms with Gasteiger partial charge in [0.2, 0.25) is 0 Å². The zero-order chi connectivity index (χ0) is 10.8. The van der Waals surface area contributed by atoms with Crippen molar-refractivity contribution in [2.45, 2.75) is 12.8 Å². The molecule has 0 aromatic heterocycles. The first-order chi connectivity index (χ1) is 7.20. The Morgan fingerprint density at radius 1 is 1.47 bits per heavy atom. The van der Waals surface area contributed by atoms with Crippen molar-refractivity contribution in [1.29, 1.82) is 0 Å². The molecule has 78 valence electrons. The van der Waals surface area contributed by atoms with Crippen molar-refractivity contribution in [3.05, 3.63) is 41.2 Å². The molecule has 1 aliphatic carbocycles. The molecule has 0 saturated heterocycles. The van der Waals surface area contributed by atoms with Gasteiger partial charge in [0.1, 0.15) is 5.82 Å². The van der Waals surface area contributed by atoms with Crippen molar-refractivity contribution >= 4 is 23.3 Å². The van der Waals surface area contributed by atoms with Crippen LogP contribution in [0.15, 0.2) is 24.3 Å². The van der Waals surface area contributed by atoms with Crippen LogP contribution in [0.5, 0.6) is 0 Å². The number of amides is 1. The molecule has 0 spiro atoms. The number of fused-ring (bicyclic) bond motifs is 1. The van der Waals surface area contributed by atoms with E-state index >= 15 is 0 Å². The summed E-state index contributed by atoms with van der Waals surface area (Å²) in [5.74, 6) is -0.656. The van der Waals surface area contributed by atoms with E-state index in [1.165, 1.54) is 18.2 Å². The topological polar surface area (TPSA) is 29.1 Å². The normalized spacial score (nSPS) is 16.5. The highest BCUT2D eigenvalue weighted by Gasteiger charge is 2.17. The van der Waals surface area contributed by atoms with Crippen LogP contribution in [-0.4, -0.2) is 5.91 Å². The molecule has 0 fully saturated rings. The summed E-state index contributed by atoms with van der Waals surface area (Å²) in [5, 5.41) is 0. The second-order valence-electron chi connectivity index (χ2n) is 3.43. The summed E-state index contributed by atoms with van der Waals surface area (Å²) in [7, 11) is 0. The van der Waals surface area contributed by atoms with Crippen molar-refractivity contribution in [2.24, 2.45) is 0 Å². The summed E-state index contributed by atoms with van der Waals surface area (Å²) in [6.45, 7) is 0. The van der Waals surface area contributed by atoms with Crippen LogP contribution in [0.2, 0.25) is 0 Å². The molecule has 0 heterocycles. The summed E-state index contributed by atoms with van der Waals surface area (Å²) in [6.07, 6.45) is 3.01. The maximum Gasteiger partial charge on any atom is 0.258 e. The standard InChI is InChI=1S/C11H9ClFNO/c12-14-11(15)5-8-2-1-7-3-4-9(13)6-10(7)8/h3-6H,1-2H2,(H,14,15)/b8-5+. The summed E-state index contributed by atoms with van der Waals surface area (Å²) < 4.78 is 13.0. The van der Waals surface area contributed by atoms with E-state index in [2.05, 4.69) is 0 Å². The third-order valence-corrected chi connectivity index (χ3v) is 2.67. The summed E-state index contributed by atoms with van der Waals surface area (Å²) in [4.78, 5) is 13.0. The van der Waals surface area contributed by atoms with Crippen LogP contribution in [0.4, 0.5) is 4.39 Å². The van der Waals surface area contributed by atoms with Crippen LogP contribution in [0, 0.1) is 5.82 Å². The number of nitrogens with one attached hydrogen (secondary N) is 1. The largest absolute Gasteiger partial charge is 0.269 e. The molecular weight excluding hydrogens is 217 g/mol. The van der Waals surface area contributed by atoms with E-state index in [0.29, 0.717) is 0 Å². The van der Waals surface area contributed by atoms with Crippen LogP contribution < -0.4 is 4.84 Å². The van der Waals surface area contributed by atoms with E-state index in [1.54, 1.807) is 6.07 Å². The Morgan fingerprint density at radius 2 is 2.27 bits per heavy atom.